The lowest BCUT2D eigenvalue weighted by molar-refractivity contribution is -0.146. The quantitative estimate of drug-likeness (QED) is 0.811. The van der Waals surface area contributed by atoms with Crippen molar-refractivity contribution < 1.29 is 14.3 Å². The van der Waals surface area contributed by atoms with E-state index in [4.69, 9.17) is 4.74 Å². The lowest BCUT2D eigenvalue weighted by Crippen LogP contribution is -2.39. The van der Waals surface area contributed by atoms with Gasteiger partial charge in [0.15, 0.2) is 0 Å². The number of amides is 1. The summed E-state index contributed by atoms with van der Waals surface area (Å²) in [4.78, 5) is 23.7. The average Bonchev–Trinajstić information content (AvgIpc) is 3.09. The standard InChI is InChI=1S/C17H27NO3/c1-21-17(20)12-4-6-15(7-5-12)18-16(19)10-14-9-11-2-3-13(14)8-11/h11-15H,2-10H2,1H3,(H,18,19). The summed E-state index contributed by atoms with van der Waals surface area (Å²) in [6, 6.07) is 0.261. The number of fused-ring (bicyclic) bond motifs is 2. The van der Waals surface area contributed by atoms with E-state index >= 15 is 0 Å². The van der Waals surface area contributed by atoms with E-state index in [-0.39, 0.29) is 23.8 Å². The number of ether oxygens (including phenoxy) is 1. The second-order valence-corrected chi connectivity index (χ2v) is 7.28. The van der Waals surface area contributed by atoms with E-state index in [1.807, 2.05) is 0 Å². The lowest BCUT2D eigenvalue weighted by atomic mass is 9.84. The number of esters is 1. The predicted octanol–water partition coefficient (Wildman–Crippen LogP) is 2.66. The zero-order valence-electron chi connectivity index (χ0n) is 13.0. The largest absolute Gasteiger partial charge is 0.469 e. The van der Waals surface area contributed by atoms with Crippen molar-refractivity contribution in [1.82, 2.24) is 5.32 Å². The Bertz CT molecular complexity index is 401. The monoisotopic (exact) mass is 293 g/mol. The Morgan fingerprint density at radius 3 is 2.38 bits per heavy atom. The van der Waals surface area contributed by atoms with Crippen LogP contribution in [0.2, 0.25) is 0 Å². The first-order valence-corrected chi connectivity index (χ1v) is 8.53. The minimum Gasteiger partial charge on any atom is -0.469 e. The Labute approximate surface area is 127 Å². The maximum Gasteiger partial charge on any atom is 0.308 e. The van der Waals surface area contributed by atoms with Gasteiger partial charge in [-0.25, -0.2) is 0 Å². The van der Waals surface area contributed by atoms with Crippen LogP contribution in [0, 0.1) is 23.7 Å². The van der Waals surface area contributed by atoms with Crippen LogP contribution in [-0.4, -0.2) is 25.0 Å². The fraction of sp³-hybridized carbons (Fsp3) is 0.882. The third-order valence-electron chi connectivity index (χ3n) is 5.96. The van der Waals surface area contributed by atoms with Crippen LogP contribution in [0.1, 0.15) is 57.8 Å². The number of carbonyl (C=O) groups is 2. The van der Waals surface area contributed by atoms with Crippen LogP contribution in [0.5, 0.6) is 0 Å². The van der Waals surface area contributed by atoms with Crippen molar-refractivity contribution in [2.24, 2.45) is 23.7 Å². The smallest absolute Gasteiger partial charge is 0.308 e. The molecule has 3 fully saturated rings. The van der Waals surface area contributed by atoms with Crippen LogP contribution in [0.4, 0.5) is 0 Å². The Balaban J connectivity index is 1.39. The summed E-state index contributed by atoms with van der Waals surface area (Å²) in [6.45, 7) is 0. The van der Waals surface area contributed by atoms with Gasteiger partial charge in [0.1, 0.15) is 0 Å². The Hall–Kier alpha value is -1.06. The highest BCUT2D eigenvalue weighted by Gasteiger charge is 2.40. The first-order valence-electron chi connectivity index (χ1n) is 8.53. The van der Waals surface area contributed by atoms with E-state index in [0.29, 0.717) is 5.92 Å². The maximum absolute atomic E-state index is 12.2. The van der Waals surface area contributed by atoms with Gasteiger partial charge in [-0.15, -0.1) is 0 Å². The van der Waals surface area contributed by atoms with E-state index in [1.165, 1.54) is 32.8 Å². The first kappa shape index (κ1) is 14.9. The lowest BCUT2D eigenvalue weighted by Gasteiger charge is -2.28. The van der Waals surface area contributed by atoms with Crippen molar-refractivity contribution in [2.75, 3.05) is 7.11 Å². The van der Waals surface area contributed by atoms with E-state index in [2.05, 4.69) is 5.32 Å². The Morgan fingerprint density at radius 1 is 1.05 bits per heavy atom. The van der Waals surface area contributed by atoms with Crippen LogP contribution < -0.4 is 5.32 Å². The topological polar surface area (TPSA) is 55.4 Å². The summed E-state index contributed by atoms with van der Waals surface area (Å²) >= 11 is 0. The van der Waals surface area contributed by atoms with Crippen molar-refractivity contribution in [3.63, 3.8) is 0 Å². The molecule has 0 spiro atoms. The van der Waals surface area contributed by atoms with E-state index in [0.717, 1.165) is 43.9 Å². The van der Waals surface area contributed by atoms with Gasteiger partial charge in [-0.1, -0.05) is 6.42 Å². The Morgan fingerprint density at radius 2 is 1.81 bits per heavy atom. The molecule has 3 atom stereocenters. The zero-order chi connectivity index (χ0) is 14.8. The third kappa shape index (κ3) is 3.41. The highest BCUT2D eigenvalue weighted by atomic mass is 16.5. The number of methoxy groups -OCH3 is 1. The van der Waals surface area contributed by atoms with Crippen molar-refractivity contribution in [1.29, 1.82) is 0 Å². The van der Waals surface area contributed by atoms with E-state index in [9.17, 15) is 9.59 Å². The minimum atomic E-state index is -0.0956. The summed E-state index contributed by atoms with van der Waals surface area (Å²) in [6.07, 6.45) is 9.57. The van der Waals surface area contributed by atoms with Crippen LogP contribution in [0.25, 0.3) is 0 Å². The molecule has 2 bridgehead atoms. The minimum absolute atomic E-state index is 0.0359. The van der Waals surface area contributed by atoms with Crippen molar-refractivity contribution in [2.45, 2.75) is 63.8 Å². The van der Waals surface area contributed by atoms with Gasteiger partial charge in [-0.05, 0) is 62.7 Å². The predicted molar refractivity (Wildman–Crippen MR) is 79.5 cm³/mol. The number of nitrogens with one attached hydrogen (secondary N) is 1. The number of carbonyl (C=O) groups excluding carboxylic acids is 2. The molecule has 0 aromatic heterocycles. The molecule has 4 nitrogen and oxygen atoms in total. The van der Waals surface area contributed by atoms with Crippen molar-refractivity contribution in [3.8, 4) is 0 Å². The van der Waals surface area contributed by atoms with Gasteiger partial charge in [-0.3, -0.25) is 9.59 Å². The van der Waals surface area contributed by atoms with E-state index < -0.39 is 0 Å². The molecule has 0 aliphatic heterocycles. The normalized spacial score (nSPS) is 38.2. The summed E-state index contributed by atoms with van der Waals surface area (Å²) in [5.41, 5.74) is 0. The summed E-state index contributed by atoms with van der Waals surface area (Å²) in [5.74, 6) is 2.53. The molecule has 1 amide bonds. The van der Waals surface area contributed by atoms with Gasteiger partial charge < -0.3 is 10.1 Å². The molecular weight excluding hydrogens is 266 g/mol. The molecule has 0 radical (unpaired) electrons. The SMILES string of the molecule is COC(=O)C1CCC(NC(=O)CC2CC3CCC2C3)CC1. The van der Waals surface area contributed by atoms with Crippen LogP contribution >= 0.6 is 0 Å². The van der Waals surface area contributed by atoms with Gasteiger partial charge in [0.05, 0.1) is 13.0 Å². The van der Waals surface area contributed by atoms with Crippen LogP contribution in [-0.2, 0) is 14.3 Å². The summed E-state index contributed by atoms with van der Waals surface area (Å²) in [5, 5.41) is 3.19. The molecular formula is C17H27NO3. The molecule has 0 saturated heterocycles. The molecule has 3 rings (SSSR count). The second kappa shape index (κ2) is 6.37. The van der Waals surface area contributed by atoms with Crippen molar-refractivity contribution in [3.05, 3.63) is 0 Å². The average molecular weight is 293 g/mol. The fourth-order valence-electron chi connectivity index (χ4n) is 4.79. The van der Waals surface area contributed by atoms with Gasteiger partial charge in [0, 0.05) is 12.5 Å². The van der Waals surface area contributed by atoms with E-state index in [1.54, 1.807) is 0 Å². The third-order valence-corrected chi connectivity index (χ3v) is 5.96. The van der Waals surface area contributed by atoms with Crippen LogP contribution in [0.3, 0.4) is 0 Å². The van der Waals surface area contributed by atoms with Crippen LogP contribution in [0.15, 0.2) is 0 Å². The maximum atomic E-state index is 12.2. The first-order chi connectivity index (χ1) is 10.2. The number of hydrogen-bond donors (Lipinski definition) is 1. The molecule has 0 heterocycles. The molecule has 3 unspecified atom stereocenters. The highest BCUT2D eigenvalue weighted by Crippen LogP contribution is 2.49. The molecule has 1 N–H and O–H groups in total. The molecule has 118 valence electrons. The molecule has 0 aromatic rings. The molecule has 4 heteroatoms. The summed E-state index contributed by atoms with van der Waals surface area (Å²) < 4.78 is 4.80. The highest BCUT2D eigenvalue weighted by molar-refractivity contribution is 5.76. The van der Waals surface area contributed by atoms with Gasteiger partial charge in [0.2, 0.25) is 5.91 Å². The molecule has 0 aromatic carbocycles. The van der Waals surface area contributed by atoms with Gasteiger partial charge in [-0.2, -0.15) is 0 Å². The second-order valence-electron chi connectivity index (χ2n) is 7.28. The molecule has 3 aliphatic rings. The summed E-state index contributed by atoms with van der Waals surface area (Å²) in [7, 11) is 1.45. The fourth-order valence-corrected chi connectivity index (χ4v) is 4.79. The van der Waals surface area contributed by atoms with Gasteiger partial charge >= 0.3 is 5.97 Å². The molecule has 21 heavy (non-hydrogen) atoms. The van der Waals surface area contributed by atoms with Gasteiger partial charge in [0.25, 0.3) is 0 Å². The zero-order valence-corrected chi connectivity index (χ0v) is 13.0. The molecule has 3 aliphatic carbocycles. The van der Waals surface area contributed by atoms with Crippen molar-refractivity contribution >= 4 is 11.9 Å². The molecule has 3 saturated carbocycles. The Kier molecular flexibility index (Phi) is 4.51. The number of rotatable bonds is 4. The number of hydrogen-bond acceptors (Lipinski definition) is 3.